The first kappa shape index (κ1) is 11.6. The molecule has 0 aliphatic rings. The fraction of sp³-hybridized carbons (Fsp3) is 0.154. The number of aliphatic hydroxyl groups excluding tert-OH is 1. The summed E-state index contributed by atoms with van der Waals surface area (Å²) in [5, 5.41) is 17.1. The lowest BCUT2D eigenvalue weighted by Crippen LogP contribution is -1.95. The second-order valence-corrected chi connectivity index (χ2v) is 4.08. The zero-order valence-electron chi connectivity index (χ0n) is 10.3. The maximum Gasteiger partial charge on any atom is 0.265 e. The molecular weight excluding hydrogens is 244 g/mol. The molecule has 6 heteroatoms. The lowest BCUT2D eigenvalue weighted by atomic mass is 10.2. The average molecular weight is 256 g/mol. The Morgan fingerprint density at radius 1 is 1.32 bits per heavy atom. The number of aliphatic hydroxyl groups is 1. The van der Waals surface area contributed by atoms with Crippen LogP contribution in [0.2, 0.25) is 0 Å². The Balaban J connectivity index is 2.00. The van der Waals surface area contributed by atoms with Crippen molar-refractivity contribution in [2.45, 2.75) is 13.5 Å². The Kier molecular flexibility index (Phi) is 2.85. The molecule has 19 heavy (non-hydrogen) atoms. The first-order valence-corrected chi connectivity index (χ1v) is 5.82. The van der Waals surface area contributed by atoms with Crippen LogP contribution in [0.5, 0.6) is 11.6 Å². The van der Waals surface area contributed by atoms with Gasteiger partial charge in [0.2, 0.25) is 5.65 Å². The number of benzene rings is 1. The van der Waals surface area contributed by atoms with Gasteiger partial charge in [-0.3, -0.25) is 4.40 Å². The van der Waals surface area contributed by atoms with Gasteiger partial charge in [0.25, 0.3) is 5.88 Å². The van der Waals surface area contributed by atoms with Crippen LogP contribution in [0.25, 0.3) is 5.65 Å². The fourth-order valence-corrected chi connectivity index (χ4v) is 1.81. The molecular formula is C13H12N4O2. The summed E-state index contributed by atoms with van der Waals surface area (Å²) in [6, 6.07) is 7.19. The van der Waals surface area contributed by atoms with E-state index >= 15 is 0 Å². The van der Waals surface area contributed by atoms with Crippen molar-refractivity contribution in [2.75, 3.05) is 0 Å². The lowest BCUT2D eigenvalue weighted by molar-refractivity contribution is 0.281. The minimum atomic E-state index is -0.0289. The summed E-state index contributed by atoms with van der Waals surface area (Å²) >= 11 is 0. The summed E-state index contributed by atoms with van der Waals surface area (Å²) in [5.41, 5.74) is 1.34. The van der Waals surface area contributed by atoms with E-state index < -0.39 is 0 Å². The maximum atomic E-state index is 9.11. The van der Waals surface area contributed by atoms with E-state index in [9.17, 15) is 0 Å². The SMILES string of the molecule is Cc1nnc2c(Oc3cccc(CO)c3)nccn12. The molecule has 3 rings (SSSR count). The largest absolute Gasteiger partial charge is 0.436 e. The van der Waals surface area contributed by atoms with Gasteiger partial charge >= 0.3 is 0 Å². The topological polar surface area (TPSA) is 72.5 Å². The van der Waals surface area contributed by atoms with Gasteiger partial charge in [0.05, 0.1) is 6.61 Å². The quantitative estimate of drug-likeness (QED) is 0.772. The van der Waals surface area contributed by atoms with Crippen LogP contribution in [0, 0.1) is 6.92 Å². The first-order valence-electron chi connectivity index (χ1n) is 5.82. The highest BCUT2D eigenvalue weighted by Crippen LogP contribution is 2.23. The van der Waals surface area contributed by atoms with Crippen LogP contribution < -0.4 is 4.74 Å². The van der Waals surface area contributed by atoms with Gasteiger partial charge in [0, 0.05) is 12.4 Å². The Labute approximate surface area is 109 Å². The minimum absolute atomic E-state index is 0.0289. The number of ether oxygens (including phenoxy) is 1. The molecule has 0 aliphatic heterocycles. The van der Waals surface area contributed by atoms with Crippen LogP contribution in [0.15, 0.2) is 36.7 Å². The zero-order valence-corrected chi connectivity index (χ0v) is 10.3. The molecule has 0 atom stereocenters. The molecule has 0 radical (unpaired) electrons. The standard InChI is InChI=1S/C13H12N4O2/c1-9-15-16-12-13(14-5-6-17(9)12)19-11-4-2-3-10(7-11)8-18/h2-7,18H,8H2,1H3. The molecule has 6 nitrogen and oxygen atoms in total. The predicted molar refractivity (Wildman–Crippen MR) is 68.0 cm³/mol. The molecule has 0 fully saturated rings. The summed E-state index contributed by atoms with van der Waals surface area (Å²) in [6.45, 7) is 1.83. The molecule has 0 spiro atoms. The van der Waals surface area contributed by atoms with Crippen LogP contribution in [0.3, 0.4) is 0 Å². The van der Waals surface area contributed by atoms with E-state index in [1.807, 2.05) is 19.1 Å². The monoisotopic (exact) mass is 256 g/mol. The maximum absolute atomic E-state index is 9.11. The Hall–Kier alpha value is -2.47. The molecule has 3 aromatic rings. The second-order valence-electron chi connectivity index (χ2n) is 4.08. The van der Waals surface area contributed by atoms with E-state index in [2.05, 4.69) is 15.2 Å². The van der Waals surface area contributed by atoms with Gasteiger partial charge in [-0.25, -0.2) is 4.98 Å². The smallest absolute Gasteiger partial charge is 0.265 e. The molecule has 0 aliphatic carbocycles. The highest BCUT2D eigenvalue weighted by molar-refractivity contribution is 5.50. The third-order valence-electron chi connectivity index (χ3n) is 2.76. The summed E-state index contributed by atoms with van der Waals surface area (Å²) in [5.74, 6) is 1.76. The second kappa shape index (κ2) is 4.66. The minimum Gasteiger partial charge on any atom is -0.436 e. The third kappa shape index (κ3) is 2.13. The fourth-order valence-electron chi connectivity index (χ4n) is 1.81. The summed E-state index contributed by atoms with van der Waals surface area (Å²) in [6.07, 6.45) is 3.41. The van der Waals surface area contributed by atoms with Gasteiger partial charge in [-0.1, -0.05) is 12.1 Å². The van der Waals surface area contributed by atoms with Gasteiger partial charge in [-0.2, -0.15) is 0 Å². The number of fused-ring (bicyclic) bond motifs is 1. The Morgan fingerprint density at radius 3 is 3.05 bits per heavy atom. The number of hydrogen-bond donors (Lipinski definition) is 1. The van der Waals surface area contributed by atoms with Crippen molar-refractivity contribution in [2.24, 2.45) is 0 Å². The Morgan fingerprint density at radius 2 is 2.21 bits per heavy atom. The highest BCUT2D eigenvalue weighted by atomic mass is 16.5. The van der Waals surface area contributed by atoms with E-state index in [1.165, 1.54) is 0 Å². The van der Waals surface area contributed by atoms with Gasteiger partial charge in [-0.05, 0) is 24.6 Å². The van der Waals surface area contributed by atoms with Crippen molar-refractivity contribution < 1.29 is 9.84 Å². The molecule has 0 bridgehead atoms. The number of rotatable bonds is 3. The summed E-state index contributed by atoms with van der Waals surface area (Å²) in [4.78, 5) is 4.16. The van der Waals surface area contributed by atoms with E-state index in [4.69, 9.17) is 9.84 Å². The van der Waals surface area contributed by atoms with Crippen molar-refractivity contribution >= 4 is 5.65 Å². The number of aromatic nitrogens is 4. The average Bonchev–Trinajstić information content (AvgIpc) is 2.82. The lowest BCUT2D eigenvalue weighted by Gasteiger charge is -2.06. The van der Waals surface area contributed by atoms with E-state index in [0.29, 0.717) is 17.3 Å². The molecule has 2 heterocycles. The van der Waals surface area contributed by atoms with Crippen LogP contribution in [0.4, 0.5) is 0 Å². The number of hydrogen-bond acceptors (Lipinski definition) is 5. The molecule has 0 saturated heterocycles. The molecule has 0 unspecified atom stereocenters. The van der Waals surface area contributed by atoms with Crippen molar-refractivity contribution in [3.63, 3.8) is 0 Å². The van der Waals surface area contributed by atoms with Crippen molar-refractivity contribution in [3.8, 4) is 11.6 Å². The van der Waals surface area contributed by atoms with Gasteiger partial charge in [0.1, 0.15) is 11.6 Å². The van der Waals surface area contributed by atoms with Crippen molar-refractivity contribution in [1.82, 2.24) is 19.6 Å². The molecule has 0 amide bonds. The normalized spacial score (nSPS) is 10.8. The molecule has 1 N–H and O–H groups in total. The van der Waals surface area contributed by atoms with Crippen LogP contribution in [0.1, 0.15) is 11.4 Å². The van der Waals surface area contributed by atoms with Crippen LogP contribution >= 0.6 is 0 Å². The van der Waals surface area contributed by atoms with Gasteiger partial charge in [-0.15, -0.1) is 10.2 Å². The molecule has 1 aromatic carbocycles. The van der Waals surface area contributed by atoms with Crippen LogP contribution in [-0.4, -0.2) is 24.7 Å². The van der Waals surface area contributed by atoms with E-state index in [-0.39, 0.29) is 6.61 Å². The van der Waals surface area contributed by atoms with Crippen molar-refractivity contribution in [1.29, 1.82) is 0 Å². The van der Waals surface area contributed by atoms with Gasteiger partial charge in [0.15, 0.2) is 0 Å². The zero-order chi connectivity index (χ0) is 13.2. The first-order chi connectivity index (χ1) is 9.28. The van der Waals surface area contributed by atoms with Crippen LogP contribution in [-0.2, 0) is 6.61 Å². The predicted octanol–water partition coefficient (Wildman–Crippen LogP) is 1.72. The molecule has 0 saturated carbocycles. The third-order valence-corrected chi connectivity index (χ3v) is 2.76. The number of aryl methyl sites for hydroxylation is 1. The van der Waals surface area contributed by atoms with Gasteiger partial charge < -0.3 is 9.84 Å². The molecule has 2 aromatic heterocycles. The van der Waals surface area contributed by atoms with Crippen molar-refractivity contribution in [3.05, 3.63) is 48.0 Å². The van der Waals surface area contributed by atoms with E-state index in [0.717, 1.165) is 11.4 Å². The Bertz CT molecular complexity index is 723. The summed E-state index contributed by atoms with van der Waals surface area (Å²) < 4.78 is 7.51. The number of nitrogens with zero attached hydrogens (tertiary/aromatic N) is 4. The highest BCUT2D eigenvalue weighted by Gasteiger charge is 2.09. The molecule has 96 valence electrons. The van der Waals surface area contributed by atoms with E-state index in [1.54, 1.807) is 28.9 Å². The summed E-state index contributed by atoms with van der Waals surface area (Å²) in [7, 11) is 0.